The van der Waals surface area contributed by atoms with Crippen molar-refractivity contribution in [1.82, 2.24) is 4.31 Å². The standard InChI is InChI=1S/C20H19ClF2N2O5S/c21-16-7-6-15(13-18(16)31(27,28)25-9-11-29-12-10-25)24-19(26)8-5-14-3-1-2-4-17(14)30-20(22)23/h1-8,13,20H,9-12H2,(H,24,26)/b8-5+. The van der Waals surface area contributed by atoms with Crippen molar-refractivity contribution >= 4 is 39.3 Å². The summed E-state index contributed by atoms with van der Waals surface area (Å²) < 4.78 is 61.6. The second kappa shape index (κ2) is 10.2. The molecule has 1 N–H and O–H groups in total. The number of amides is 1. The lowest BCUT2D eigenvalue weighted by Gasteiger charge is -2.26. The van der Waals surface area contributed by atoms with E-state index < -0.39 is 22.5 Å². The number of para-hydroxylation sites is 1. The van der Waals surface area contributed by atoms with E-state index in [9.17, 15) is 22.0 Å². The molecule has 166 valence electrons. The van der Waals surface area contributed by atoms with Crippen molar-refractivity contribution in [2.75, 3.05) is 31.6 Å². The van der Waals surface area contributed by atoms with Crippen molar-refractivity contribution in [3.05, 3.63) is 59.1 Å². The minimum Gasteiger partial charge on any atom is -0.434 e. The van der Waals surface area contributed by atoms with Crippen LogP contribution < -0.4 is 10.1 Å². The number of anilines is 1. The van der Waals surface area contributed by atoms with Crippen LogP contribution in [0.1, 0.15) is 5.56 Å². The predicted molar refractivity (Wildman–Crippen MR) is 112 cm³/mol. The van der Waals surface area contributed by atoms with E-state index >= 15 is 0 Å². The van der Waals surface area contributed by atoms with Gasteiger partial charge >= 0.3 is 6.61 Å². The lowest BCUT2D eigenvalue weighted by Crippen LogP contribution is -2.40. The zero-order valence-electron chi connectivity index (χ0n) is 16.1. The summed E-state index contributed by atoms with van der Waals surface area (Å²) in [5, 5.41) is 2.56. The Morgan fingerprint density at radius 2 is 1.90 bits per heavy atom. The average Bonchev–Trinajstić information content (AvgIpc) is 2.74. The largest absolute Gasteiger partial charge is 0.434 e. The molecule has 1 heterocycles. The number of morpholine rings is 1. The van der Waals surface area contributed by atoms with Crippen LogP contribution in [0.4, 0.5) is 14.5 Å². The summed E-state index contributed by atoms with van der Waals surface area (Å²) in [5.74, 6) is -0.671. The quantitative estimate of drug-likeness (QED) is 0.622. The van der Waals surface area contributed by atoms with E-state index in [4.69, 9.17) is 16.3 Å². The number of sulfonamides is 1. The molecule has 0 aliphatic carbocycles. The summed E-state index contributed by atoms with van der Waals surface area (Å²) in [6.07, 6.45) is 2.44. The molecule has 0 atom stereocenters. The number of carbonyl (C=O) groups excluding carboxylic acids is 1. The zero-order chi connectivity index (χ0) is 22.4. The van der Waals surface area contributed by atoms with Crippen molar-refractivity contribution in [1.29, 1.82) is 0 Å². The van der Waals surface area contributed by atoms with E-state index in [1.165, 1.54) is 46.8 Å². The van der Waals surface area contributed by atoms with Crippen LogP contribution in [0.3, 0.4) is 0 Å². The number of alkyl halides is 2. The fourth-order valence-corrected chi connectivity index (χ4v) is 4.78. The number of halogens is 3. The van der Waals surface area contributed by atoms with E-state index in [-0.39, 0.29) is 53.2 Å². The minimum absolute atomic E-state index is 0.0260. The van der Waals surface area contributed by atoms with Crippen LogP contribution in [0, 0.1) is 0 Å². The number of ether oxygens (including phenoxy) is 2. The molecule has 2 aromatic rings. The number of nitrogens with zero attached hydrogens (tertiary/aromatic N) is 1. The summed E-state index contributed by atoms with van der Waals surface area (Å²) in [4.78, 5) is 12.1. The normalized spacial score (nSPS) is 15.4. The number of hydrogen-bond acceptors (Lipinski definition) is 5. The third-order valence-corrected chi connectivity index (χ3v) is 6.72. The fourth-order valence-electron chi connectivity index (χ4n) is 2.88. The summed E-state index contributed by atoms with van der Waals surface area (Å²) in [6.45, 7) is -2.01. The van der Waals surface area contributed by atoms with E-state index in [0.717, 1.165) is 6.08 Å². The smallest absolute Gasteiger partial charge is 0.387 e. The molecule has 3 rings (SSSR count). The lowest BCUT2D eigenvalue weighted by molar-refractivity contribution is -0.111. The predicted octanol–water partition coefficient (Wildman–Crippen LogP) is 3.61. The number of rotatable bonds is 7. The Bertz CT molecular complexity index is 1070. The van der Waals surface area contributed by atoms with Crippen LogP contribution in [-0.2, 0) is 19.6 Å². The van der Waals surface area contributed by atoms with Crippen molar-refractivity contribution in [3.8, 4) is 5.75 Å². The van der Waals surface area contributed by atoms with E-state index in [1.807, 2.05) is 0 Å². The molecule has 0 saturated carbocycles. The van der Waals surface area contributed by atoms with E-state index in [1.54, 1.807) is 6.07 Å². The highest BCUT2D eigenvalue weighted by molar-refractivity contribution is 7.89. The molecule has 0 unspecified atom stereocenters. The summed E-state index contributed by atoms with van der Waals surface area (Å²) >= 11 is 6.10. The number of benzene rings is 2. The van der Waals surface area contributed by atoms with E-state index in [2.05, 4.69) is 10.1 Å². The van der Waals surface area contributed by atoms with Crippen LogP contribution in [0.15, 0.2) is 53.4 Å². The second-order valence-electron chi connectivity index (χ2n) is 6.40. The Hall–Kier alpha value is -2.53. The Balaban J connectivity index is 1.76. The summed E-state index contributed by atoms with van der Waals surface area (Å²) in [7, 11) is -3.86. The molecule has 31 heavy (non-hydrogen) atoms. The van der Waals surface area contributed by atoms with Crippen molar-refractivity contribution in [2.24, 2.45) is 0 Å². The van der Waals surface area contributed by atoms with Crippen LogP contribution >= 0.6 is 11.6 Å². The van der Waals surface area contributed by atoms with Gasteiger partial charge in [0, 0.05) is 30.4 Å². The molecule has 0 bridgehead atoms. The average molecular weight is 473 g/mol. The number of nitrogens with one attached hydrogen (secondary N) is 1. The molecule has 1 fully saturated rings. The third-order valence-electron chi connectivity index (χ3n) is 4.34. The van der Waals surface area contributed by atoms with Gasteiger partial charge in [0.1, 0.15) is 10.6 Å². The summed E-state index contributed by atoms with van der Waals surface area (Å²) in [6, 6.07) is 10.1. The molecule has 0 radical (unpaired) electrons. The van der Waals surface area contributed by atoms with Gasteiger partial charge in [0.25, 0.3) is 0 Å². The minimum atomic E-state index is -3.86. The molecular weight excluding hydrogens is 454 g/mol. The highest BCUT2D eigenvalue weighted by Crippen LogP contribution is 2.28. The van der Waals surface area contributed by atoms with Gasteiger partial charge in [0.05, 0.1) is 18.2 Å². The molecular formula is C20H19ClF2N2O5S. The Labute approximate surface area is 183 Å². The first kappa shape index (κ1) is 23.1. The molecule has 0 aromatic heterocycles. The fraction of sp³-hybridized carbons (Fsp3) is 0.250. The van der Waals surface area contributed by atoms with E-state index in [0.29, 0.717) is 0 Å². The third kappa shape index (κ3) is 6.01. The van der Waals surface area contributed by atoms with Gasteiger partial charge in [-0.3, -0.25) is 4.79 Å². The SMILES string of the molecule is O=C(/C=C/c1ccccc1OC(F)F)Nc1ccc(Cl)c(S(=O)(=O)N2CCOCC2)c1. The van der Waals surface area contributed by atoms with Gasteiger partial charge in [0.2, 0.25) is 15.9 Å². The van der Waals surface area contributed by atoms with Gasteiger partial charge in [-0.05, 0) is 30.3 Å². The number of hydrogen-bond donors (Lipinski definition) is 1. The van der Waals surface area contributed by atoms with Crippen LogP contribution in [0.5, 0.6) is 5.75 Å². The Morgan fingerprint density at radius 3 is 2.61 bits per heavy atom. The van der Waals surface area contributed by atoms with Crippen molar-refractivity contribution in [3.63, 3.8) is 0 Å². The maximum absolute atomic E-state index is 12.9. The Morgan fingerprint density at radius 1 is 1.19 bits per heavy atom. The maximum atomic E-state index is 12.9. The van der Waals surface area contributed by atoms with Gasteiger partial charge in [-0.1, -0.05) is 29.8 Å². The second-order valence-corrected chi connectivity index (χ2v) is 8.71. The van der Waals surface area contributed by atoms with Gasteiger partial charge in [-0.25, -0.2) is 8.42 Å². The molecule has 2 aromatic carbocycles. The molecule has 1 saturated heterocycles. The molecule has 1 aliphatic heterocycles. The van der Waals surface area contributed by atoms with Gasteiger partial charge in [-0.2, -0.15) is 13.1 Å². The molecule has 7 nitrogen and oxygen atoms in total. The highest BCUT2D eigenvalue weighted by atomic mass is 35.5. The van der Waals surface area contributed by atoms with Crippen LogP contribution in [0.25, 0.3) is 6.08 Å². The molecule has 11 heteroatoms. The summed E-state index contributed by atoms with van der Waals surface area (Å²) in [5.41, 5.74) is 0.493. The van der Waals surface area contributed by atoms with Gasteiger partial charge in [0.15, 0.2) is 0 Å². The molecule has 1 amide bonds. The first-order valence-corrected chi connectivity index (χ1v) is 11.0. The first-order valence-electron chi connectivity index (χ1n) is 9.18. The van der Waals surface area contributed by atoms with Crippen LogP contribution in [0.2, 0.25) is 5.02 Å². The van der Waals surface area contributed by atoms with Gasteiger partial charge in [-0.15, -0.1) is 0 Å². The lowest BCUT2D eigenvalue weighted by atomic mass is 10.2. The van der Waals surface area contributed by atoms with Gasteiger partial charge < -0.3 is 14.8 Å². The Kier molecular flexibility index (Phi) is 7.60. The topological polar surface area (TPSA) is 84.9 Å². The maximum Gasteiger partial charge on any atom is 0.387 e. The van der Waals surface area contributed by atoms with Crippen LogP contribution in [-0.4, -0.2) is 51.5 Å². The van der Waals surface area contributed by atoms with Crippen molar-refractivity contribution in [2.45, 2.75) is 11.5 Å². The van der Waals surface area contributed by atoms with Crippen molar-refractivity contribution < 1.29 is 31.5 Å². The zero-order valence-corrected chi connectivity index (χ0v) is 17.7. The highest BCUT2D eigenvalue weighted by Gasteiger charge is 2.28. The molecule has 1 aliphatic rings. The molecule has 0 spiro atoms. The monoisotopic (exact) mass is 472 g/mol. The number of carbonyl (C=O) groups is 1. The first-order chi connectivity index (χ1) is 14.8.